The maximum atomic E-state index is 12.3. The molecule has 2 amide bonds. The van der Waals surface area contributed by atoms with Gasteiger partial charge in [-0.25, -0.2) is 19.4 Å². The van der Waals surface area contributed by atoms with Crippen molar-refractivity contribution in [1.29, 1.82) is 0 Å². The van der Waals surface area contributed by atoms with Gasteiger partial charge in [0.1, 0.15) is 11.6 Å². The number of esters is 2. The monoisotopic (exact) mass is 407 g/mol. The highest BCUT2D eigenvalue weighted by atomic mass is 32.1. The van der Waals surface area contributed by atoms with Gasteiger partial charge in [0.2, 0.25) is 0 Å². The summed E-state index contributed by atoms with van der Waals surface area (Å²) >= 11 is 2.87. The lowest BCUT2D eigenvalue weighted by Crippen LogP contribution is -2.50. The van der Waals surface area contributed by atoms with Crippen LogP contribution >= 0.6 is 22.7 Å². The molecule has 8 nitrogen and oxygen atoms in total. The maximum Gasteiger partial charge on any atom is 0.358 e. The molecule has 1 aliphatic heterocycles. The van der Waals surface area contributed by atoms with E-state index in [4.69, 9.17) is 9.47 Å². The van der Waals surface area contributed by atoms with Crippen molar-refractivity contribution < 1.29 is 23.9 Å². The van der Waals surface area contributed by atoms with Gasteiger partial charge in [0.25, 0.3) is 0 Å². The number of carbonyl (C=O) groups is 3. The van der Waals surface area contributed by atoms with Crippen molar-refractivity contribution in [2.24, 2.45) is 0 Å². The van der Waals surface area contributed by atoms with Crippen LogP contribution in [0.25, 0.3) is 9.88 Å². The quantitative estimate of drug-likeness (QED) is 0.713. The van der Waals surface area contributed by atoms with Gasteiger partial charge in [0, 0.05) is 5.38 Å². The third kappa shape index (κ3) is 4.34. The molecule has 0 radical (unpaired) electrons. The van der Waals surface area contributed by atoms with E-state index in [1.54, 1.807) is 19.2 Å². The van der Waals surface area contributed by atoms with E-state index < -0.39 is 24.0 Å². The molecule has 1 aliphatic rings. The number of thiazole rings is 1. The number of amides is 2. The first kappa shape index (κ1) is 19.1. The summed E-state index contributed by atoms with van der Waals surface area (Å²) in [6, 6.07) is 2.79. The summed E-state index contributed by atoms with van der Waals surface area (Å²) in [4.78, 5) is 41.4. The van der Waals surface area contributed by atoms with Gasteiger partial charge < -0.3 is 20.1 Å². The Kier molecular flexibility index (Phi) is 5.87. The summed E-state index contributed by atoms with van der Waals surface area (Å²) in [5, 5.41) is 9.36. The third-order valence-corrected chi connectivity index (χ3v) is 5.54. The van der Waals surface area contributed by atoms with Crippen LogP contribution in [0.2, 0.25) is 0 Å². The van der Waals surface area contributed by atoms with E-state index in [0.29, 0.717) is 0 Å². The number of hydrogen-bond donors (Lipinski definition) is 2. The Hall–Kier alpha value is -2.72. The number of thiophene rings is 1. The number of carbonyl (C=O) groups excluding carboxylic acids is 3. The average Bonchev–Trinajstić information content (AvgIpc) is 3.30. The largest absolute Gasteiger partial charge is 0.463 e. The van der Waals surface area contributed by atoms with E-state index in [1.807, 2.05) is 17.5 Å². The molecule has 0 aromatic carbocycles. The molecule has 0 aliphatic carbocycles. The molecular formula is C17H17N3O5S2. The lowest BCUT2D eigenvalue weighted by molar-refractivity contribution is -0.139. The Morgan fingerprint density at radius 2 is 2.07 bits per heavy atom. The molecule has 27 heavy (non-hydrogen) atoms. The Morgan fingerprint density at radius 3 is 2.78 bits per heavy atom. The fourth-order valence-corrected chi connectivity index (χ4v) is 4.09. The van der Waals surface area contributed by atoms with Crippen LogP contribution in [0.3, 0.4) is 0 Å². The SMILES string of the molecule is CCOC(=O)C1=C(COC(=O)c2csc(-c3cccs3)n2)NC(=O)NC1C. The summed E-state index contributed by atoms with van der Waals surface area (Å²) in [5.74, 6) is -1.21. The van der Waals surface area contributed by atoms with E-state index in [2.05, 4.69) is 15.6 Å². The first-order valence-corrected chi connectivity index (χ1v) is 9.89. The zero-order chi connectivity index (χ0) is 19.4. The van der Waals surface area contributed by atoms with Gasteiger partial charge in [-0.2, -0.15) is 0 Å². The summed E-state index contributed by atoms with van der Waals surface area (Å²) in [7, 11) is 0. The highest BCUT2D eigenvalue weighted by molar-refractivity contribution is 7.20. The zero-order valence-corrected chi connectivity index (χ0v) is 16.2. The Balaban J connectivity index is 1.73. The fraction of sp³-hybridized carbons (Fsp3) is 0.294. The number of ether oxygens (including phenoxy) is 2. The van der Waals surface area contributed by atoms with E-state index in [0.717, 1.165) is 9.88 Å². The summed E-state index contributed by atoms with van der Waals surface area (Å²) in [6.07, 6.45) is 0. The van der Waals surface area contributed by atoms with Crippen LogP contribution in [0.5, 0.6) is 0 Å². The lowest BCUT2D eigenvalue weighted by atomic mass is 10.0. The first-order chi connectivity index (χ1) is 13.0. The molecule has 1 atom stereocenters. The predicted molar refractivity (Wildman–Crippen MR) is 100 cm³/mol. The molecule has 0 bridgehead atoms. The van der Waals surface area contributed by atoms with Crippen molar-refractivity contribution >= 4 is 40.6 Å². The Labute approximate surface area is 163 Å². The van der Waals surface area contributed by atoms with E-state index in [-0.39, 0.29) is 30.2 Å². The second-order valence-electron chi connectivity index (χ2n) is 5.52. The number of nitrogens with one attached hydrogen (secondary N) is 2. The molecule has 0 saturated heterocycles. The van der Waals surface area contributed by atoms with E-state index >= 15 is 0 Å². The highest BCUT2D eigenvalue weighted by Gasteiger charge is 2.30. The molecule has 2 N–H and O–H groups in total. The van der Waals surface area contributed by atoms with Crippen molar-refractivity contribution in [2.45, 2.75) is 19.9 Å². The topological polar surface area (TPSA) is 107 Å². The predicted octanol–water partition coefficient (Wildman–Crippen LogP) is 2.55. The minimum atomic E-state index is -0.634. The van der Waals surface area contributed by atoms with Crippen LogP contribution in [0.1, 0.15) is 24.3 Å². The van der Waals surface area contributed by atoms with Crippen molar-refractivity contribution in [3.05, 3.63) is 39.9 Å². The Morgan fingerprint density at radius 1 is 1.26 bits per heavy atom. The number of nitrogens with zero attached hydrogens (tertiary/aromatic N) is 1. The van der Waals surface area contributed by atoms with Gasteiger partial charge in [-0.1, -0.05) is 6.07 Å². The van der Waals surface area contributed by atoms with Gasteiger partial charge in [-0.3, -0.25) is 0 Å². The molecule has 142 valence electrons. The number of rotatable bonds is 6. The van der Waals surface area contributed by atoms with Gasteiger partial charge in [-0.15, -0.1) is 22.7 Å². The van der Waals surface area contributed by atoms with Crippen molar-refractivity contribution in [2.75, 3.05) is 13.2 Å². The van der Waals surface area contributed by atoms with E-state index in [9.17, 15) is 14.4 Å². The molecule has 3 rings (SSSR count). The lowest BCUT2D eigenvalue weighted by Gasteiger charge is -2.26. The van der Waals surface area contributed by atoms with Gasteiger partial charge >= 0.3 is 18.0 Å². The Bertz CT molecular complexity index is 888. The molecule has 1 unspecified atom stereocenters. The van der Waals surface area contributed by atoms with Gasteiger partial charge in [0.15, 0.2) is 5.69 Å². The average molecular weight is 407 g/mol. The summed E-state index contributed by atoms with van der Waals surface area (Å²) in [5.41, 5.74) is 0.601. The standard InChI is InChI=1S/C17H17N3O5S2/c1-3-24-16(22)13-9(2)18-17(23)20-10(13)7-25-15(21)11-8-27-14(19-11)12-5-4-6-26-12/h4-6,8-9H,3,7H2,1-2H3,(H2,18,20,23). The molecule has 0 saturated carbocycles. The second-order valence-corrected chi connectivity index (χ2v) is 7.33. The van der Waals surface area contributed by atoms with Crippen LogP contribution in [-0.2, 0) is 14.3 Å². The molecule has 2 aromatic rings. The smallest absolute Gasteiger partial charge is 0.358 e. The minimum Gasteiger partial charge on any atom is -0.463 e. The van der Waals surface area contributed by atoms with Crippen LogP contribution in [0.15, 0.2) is 34.2 Å². The van der Waals surface area contributed by atoms with Crippen LogP contribution in [0.4, 0.5) is 4.79 Å². The number of urea groups is 1. The van der Waals surface area contributed by atoms with Crippen molar-refractivity contribution in [1.82, 2.24) is 15.6 Å². The maximum absolute atomic E-state index is 12.3. The third-order valence-electron chi connectivity index (χ3n) is 3.66. The first-order valence-electron chi connectivity index (χ1n) is 8.13. The zero-order valence-electron chi connectivity index (χ0n) is 14.6. The second kappa shape index (κ2) is 8.31. The van der Waals surface area contributed by atoms with Gasteiger partial charge in [0.05, 0.1) is 28.8 Å². The fourth-order valence-electron chi connectivity index (χ4n) is 2.49. The highest BCUT2D eigenvalue weighted by Crippen LogP contribution is 2.28. The molecule has 10 heteroatoms. The normalized spacial score (nSPS) is 16.5. The van der Waals surface area contributed by atoms with Crippen molar-refractivity contribution in [3.63, 3.8) is 0 Å². The minimum absolute atomic E-state index is 0.176. The summed E-state index contributed by atoms with van der Waals surface area (Å²) in [6.45, 7) is 3.27. The molecule has 0 spiro atoms. The number of aromatic nitrogens is 1. The van der Waals surface area contributed by atoms with Crippen LogP contribution in [0, 0.1) is 0 Å². The van der Waals surface area contributed by atoms with Crippen LogP contribution < -0.4 is 10.6 Å². The summed E-state index contributed by atoms with van der Waals surface area (Å²) < 4.78 is 10.3. The van der Waals surface area contributed by atoms with Gasteiger partial charge in [-0.05, 0) is 25.3 Å². The molecule has 0 fully saturated rings. The molecule has 3 heterocycles. The number of hydrogen-bond acceptors (Lipinski definition) is 8. The molecule has 2 aromatic heterocycles. The molecular weight excluding hydrogens is 390 g/mol. The van der Waals surface area contributed by atoms with E-state index in [1.165, 1.54) is 22.7 Å². The van der Waals surface area contributed by atoms with Crippen LogP contribution in [-0.4, -0.2) is 42.2 Å². The van der Waals surface area contributed by atoms with Crippen molar-refractivity contribution in [3.8, 4) is 9.88 Å².